The van der Waals surface area contributed by atoms with Gasteiger partial charge in [0.25, 0.3) is 5.91 Å². The first kappa shape index (κ1) is 20.3. The van der Waals surface area contributed by atoms with E-state index in [0.717, 1.165) is 5.56 Å². The summed E-state index contributed by atoms with van der Waals surface area (Å²) in [5.74, 6) is 0.353. The lowest BCUT2D eigenvalue weighted by Crippen LogP contribution is -2.21. The van der Waals surface area contributed by atoms with Crippen LogP contribution in [-0.4, -0.2) is 32.2 Å². The molecular weight excluding hydrogens is 346 g/mol. The second kappa shape index (κ2) is 9.62. The molecule has 0 radical (unpaired) electrons. The molecule has 0 atom stereocenters. The van der Waals surface area contributed by atoms with Gasteiger partial charge in [0.2, 0.25) is 0 Å². The molecule has 6 nitrogen and oxygen atoms in total. The molecule has 0 bridgehead atoms. The van der Waals surface area contributed by atoms with Crippen molar-refractivity contribution in [3.8, 4) is 11.5 Å². The zero-order chi connectivity index (χ0) is 19.8. The molecule has 0 aliphatic rings. The van der Waals surface area contributed by atoms with E-state index in [4.69, 9.17) is 14.2 Å². The van der Waals surface area contributed by atoms with Crippen molar-refractivity contribution in [3.63, 3.8) is 0 Å². The zero-order valence-electron chi connectivity index (χ0n) is 16.1. The fraction of sp³-hybridized carbons (Fsp3) is 0.333. The largest absolute Gasteiger partial charge is 0.493 e. The van der Waals surface area contributed by atoms with Crippen molar-refractivity contribution in [1.29, 1.82) is 0 Å². The highest BCUT2D eigenvalue weighted by molar-refractivity contribution is 5.96. The van der Waals surface area contributed by atoms with Crippen LogP contribution in [0.5, 0.6) is 11.5 Å². The van der Waals surface area contributed by atoms with Gasteiger partial charge < -0.3 is 19.5 Å². The Bertz CT molecular complexity index is 801. The van der Waals surface area contributed by atoms with Crippen LogP contribution in [0.2, 0.25) is 0 Å². The van der Waals surface area contributed by atoms with Crippen molar-refractivity contribution in [2.75, 3.05) is 25.6 Å². The number of carbonyl (C=O) groups excluding carboxylic acids is 2. The van der Waals surface area contributed by atoms with Crippen LogP contribution < -0.4 is 14.8 Å². The molecule has 0 aliphatic carbocycles. The monoisotopic (exact) mass is 371 g/mol. The third kappa shape index (κ3) is 6.02. The maximum atomic E-state index is 12.2. The SMILES string of the molecule is COc1cc(C(=O)OCC(=O)Nc2ccccc2C)ccc1OCC(C)C. The van der Waals surface area contributed by atoms with E-state index in [1.54, 1.807) is 18.2 Å². The predicted octanol–water partition coefficient (Wildman–Crippen LogP) is 3.83. The van der Waals surface area contributed by atoms with Crippen LogP contribution in [0.3, 0.4) is 0 Å². The minimum absolute atomic E-state index is 0.285. The van der Waals surface area contributed by atoms with Crippen LogP contribution >= 0.6 is 0 Å². The van der Waals surface area contributed by atoms with Gasteiger partial charge in [0.1, 0.15) is 0 Å². The molecule has 0 fully saturated rings. The van der Waals surface area contributed by atoms with E-state index >= 15 is 0 Å². The Morgan fingerprint density at radius 3 is 2.48 bits per heavy atom. The Balaban J connectivity index is 1.95. The fourth-order valence-electron chi connectivity index (χ4n) is 2.28. The van der Waals surface area contributed by atoms with Gasteiger partial charge in [-0.3, -0.25) is 4.79 Å². The minimum Gasteiger partial charge on any atom is -0.493 e. The van der Waals surface area contributed by atoms with E-state index in [1.807, 2.05) is 39.0 Å². The van der Waals surface area contributed by atoms with Crippen molar-refractivity contribution >= 4 is 17.6 Å². The van der Waals surface area contributed by atoms with E-state index in [9.17, 15) is 9.59 Å². The number of hydrogen-bond donors (Lipinski definition) is 1. The molecule has 2 aromatic carbocycles. The quantitative estimate of drug-likeness (QED) is 0.714. The third-order valence-electron chi connectivity index (χ3n) is 3.73. The van der Waals surface area contributed by atoms with E-state index in [-0.39, 0.29) is 12.2 Å². The Morgan fingerprint density at radius 2 is 1.81 bits per heavy atom. The van der Waals surface area contributed by atoms with Gasteiger partial charge in [-0.1, -0.05) is 32.0 Å². The van der Waals surface area contributed by atoms with Crippen molar-refractivity contribution in [2.45, 2.75) is 20.8 Å². The van der Waals surface area contributed by atoms with E-state index < -0.39 is 11.9 Å². The number of hydrogen-bond acceptors (Lipinski definition) is 5. The van der Waals surface area contributed by atoms with Crippen LogP contribution in [0.1, 0.15) is 29.8 Å². The summed E-state index contributed by atoms with van der Waals surface area (Å²) < 4.78 is 16.0. The summed E-state index contributed by atoms with van der Waals surface area (Å²) in [7, 11) is 1.50. The van der Waals surface area contributed by atoms with Crippen molar-refractivity contribution < 1.29 is 23.8 Å². The van der Waals surface area contributed by atoms with Gasteiger partial charge in [-0.2, -0.15) is 0 Å². The lowest BCUT2D eigenvalue weighted by molar-refractivity contribution is -0.119. The average Bonchev–Trinajstić information content (AvgIpc) is 2.66. The third-order valence-corrected chi connectivity index (χ3v) is 3.73. The zero-order valence-corrected chi connectivity index (χ0v) is 16.1. The molecule has 0 spiro atoms. The highest BCUT2D eigenvalue weighted by Crippen LogP contribution is 2.28. The number of nitrogens with one attached hydrogen (secondary N) is 1. The number of anilines is 1. The number of benzene rings is 2. The van der Waals surface area contributed by atoms with Gasteiger partial charge in [0.15, 0.2) is 18.1 Å². The standard InChI is InChI=1S/C21H25NO5/c1-14(2)12-26-18-10-9-16(11-19(18)25-4)21(24)27-13-20(23)22-17-8-6-5-7-15(17)3/h5-11,14H,12-13H2,1-4H3,(H,22,23). The molecule has 1 N–H and O–H groups in total. The number of carbonyl (C=O) groups is 2. The number of rotatable bonds is 8. The van der Waals surface area contributed by atoms with Crippen LogP contribution in [0.25, 0.3) is 0 Å². The molecule has 0 aliphatic heterocycles. The Hall–Kier alpha value is -3.02. The smallest absolute Gasteiger partial charge is 0.338 e. The summed E-state index contributed by atoms with van der Waals surface area (Å²) in [6.45, 7) is 6.14. The second-order valence-electron chi connectivity index (χ2n) is 6.51. The molecule has 6 heteroatoms. The first-order chi connectivity index (χ1) is 12.9. The average molecular weight is 371 g/mol. The van der Waals surface area contributed by atoms with Gasteiger partial charge in [-0.15, -0.1) is 0 Å². The molecule has 0 unspecified atom stereocenters. The summed E-state index contributed by atoms with van der Waals surface area (Å²) in [4.78, 5) is 24.2. The predicted molar refractivity (Wildman–Crippen MR) is 103 cm³/mol. The number of ether oxygens (including phenoxy) is 3. The normalized spacial score (nSPS) is 10.4. The number of methoxy groups -OCH3 is 1. The Kier molecular flexibility index (Phi) is 7.23. The van der Waals surface area contributed by atoms with E-state index in [1.165, 1.54) is 13.2 Å². The molecule has 0 aromatic heterocycles. The highest BCUT2D eigenvalue weighted by atomic mass is 16.5. The number of para-hydroxylation sites is 1. The number of esters is 1. The van der Waals surface area contributed by atoms with Crippen LogP contribution in [0, 0.1) is 12.8 Å². The maximum Gasteiger partial charge on any atom is 0.338 e. The lowest BCUT2D eigenvalue weighted by atomic mass is 10.2. The first-order valence-electron chi connectivity index (χ1n) is 8.74. The molecule has 144 valence electrons. The number of amides is 1. The molecule has 0 saturated heterocycles. The van der Waals surface area contributed by atoms with Crippen LogP contribution in [0.15, 0.2) is 42.5 Å². The molecule has 2 aromatic rings. The summed E-state index contributed by atoms with van der Waals surface area (Å²) in [6.07, 6.45) is 0. The van der Waals surface area contributed by atoms with Gasteiger partial charge in [0, 0.05) is 5.69 Å². The summed E-state index contributed by atoms with van der Waals surface area (Å²) in [5.41, 5.74) is 1.90. The van der Waals surface area contributed by atoms with Crippen LogP contribution in [0.4, 0.5) is 5.69 Å². The summed E-state index contributed by atoms with van der Waals surface area (Å²) in [5, 5.41) is 2.72. The fourth-order valence-corrected chi connectivity index (χ4v) is 2.28. The topological polar surface area (TPSA) is 73.9 Å². The summed E-state index contributed by atoms with van der Waals surface area (Å²) >= 11 is 0. The molecular formula is C21H25NO5. The summed E-state index contributed by atoms with van der Waals surface area (Å²) in [6, 6.07) is 12.2. The van der Waals surface area contributed by atoms with E-state index in [2.05, 4.69) is 5.32 Å². The second-order valence-corrected chi connectivity index (χ2v) is 6.51. The minimum atomic E-state index is -0.608. The van der Waals surface area contributed by atoms with Crippen molar-refractivity contribution in [3.05, 3.63) is 53.6 Å². The van der Waals surface area contributed by atoms with Gasteiger partial charge >= 0.3 is 5.97 Å². The molecule has 0 heterocycles. The van der Waals surface area contributed by atoms with Gasteiger partial charge in [-0.25, -0.2) is 4.79 Å². The number of aryl methyl sites for hydroxylation is 1. The lowest BCUT2D eigenvalue weighted by Gasteiger charge is -2.13. The van der Waals surface area contributed by atoms with Crippen molar-refractivity contribution in [1.82, 2.24) is 0 Å². The van der Waals surface area contributed by atoms with Gasteiger partial charge in [0.05, 0.1) is 19.3 Å². The van der Waals surface area contributed by atoms with Crippen LogP contribution in [-0.2, 0) is 9.53 Å². The first-order valence-corrected chi connectivity index (χ1v) is 8.74. The van der Waals surface area contributed by atoms with E-state index in [0.29, 0.717) is 29.7 Å². The Labute approximate surface area is 159 Å². The highest BCUT2D eigenvalue weighted by Gasteiger charge is 2.14. The molecule has 27 heavy (non-hydrogen) atoms. The molecule has 0 saturated carbocycles. The van der Waals surface area contributed by atoms with Crippen molar-refractivity contribution in [2.24, 2.45) is 5.92 Å². The van der Waals surface area contributed by atoms with Gasteiger partial charge in [-0.05, 0) is 42.7 Å². The molecule has 2 rings (SSSR count). The Morgan fingerprint density at radius 1 is 1.07 bits per heavy atom. The molecule has 1 amide bonds. The maximum absolute atomic E-state index is 12.2.